The van der Waals surface area contributed by atoms with Gasteiger partial charge in [-0.15, -0.1) is 0 Å². The Kier molecular flexibility index (Phi) is 4.90. The maximum absolute atomic E-state index is 10.6. The van der Waals surface area contributed by atoms with Crippen LogP contribution in [0.3, 0.4) is 0 Å². The quantitative estimate of drug-likeness (QED) is 0.771. The zero-order chi connectivity index (χ0) is 15.6. The Morgan fingerprint density at radius 3 is 2.29 bits per heavy atom. The molecule has 0 aromatic heterocycles. The summed E-state index contributed by atoms with van der Waals surface area (Å²) in [7, 11) is 0. The fourth-order valence-electron chi connectivity index (χ4n) is 2.42. The predicted molar refractivity (Wildman–Crippen MR) is 92.7 cm³/mol. The second-order valence-electron chi connectivity index (χ2n) is 6.22. The van der Waals surface area contributed by atoms with Gasteiger partial charge in [-0.2, -0.15) is 0 Å². The lowest BCUT2D eigenvalue weighted by Gasteiger charge is -2.24. The molecule has 0 bridgehead atoms. The predicted octanol–water partition coefficient (Wildman–Crippen LogP) is 5.53. The summed E-state index contributed by atoms with van der Waals surface area (Å²) in [5.74, 6) is 0. The van der Waals surface area contributed by atoms with Gasteiger partial charge < -0.3 is 5.11 Å². The van der Waals surface area contributed by atoms with E-state index in [1.54, 1.807) is 0 Å². The molecule has 2 aromatic rings. The summed E-state index contributed by atoms with van der Waals surface area (Å²) in [5.41, 5.74) is 4.46. The van der Waals surface area contributed by atoms with E-state index in [-0.39, 0.29) is 5.41 Å². The Morgan fingerprint density at radius 1 is 1.10 bits per heavy atom. The summed E-state index contributed by atoms with van der Waals surface area (Å²) in [4.78, 5) is 0. The molecule has 2 aromatic carbocycles. The highest BCUT2D eigenvalue weighted by atomic mass is 79.9. The second kappa shape index (κ2) is 6.33. The normalized spacial score (nSPS) is 13.2. The largest absolute Gasteiger partial charge is 0.384 e. The molecule has 1 unspecified atom stereocenters. The van der Waals surface area contributed by atoms with Crippen LogP contribution in [0.15, 0.2) is 46.9 Å². The van der Waals surface area contributed by atoms with Crippen molar-refractivity contribution in [2.24, 2.45) is 0 Å². The lowest BCUT2D eigenvalue weighted by atomic mass is 9.81. The number of rotatable bonds is 4. The number of hydrogen-bond donors (Lipinski definition) is 1. The first-order valence-corrected chi connectivity index (χ1v) is 8.19. The van der Waals surface area contributed by atoms with Crippen molar-refractivity contribution >= 4 is 15.9 Å². The first-order valence-electron chi connectivity index (χ1n) is 7.40. The third-order valence-electron chi connectivity index (χ3n) is 4.50. The standard InChI is InChI=1S/C19H23BrO/c1-5-19(3,4)15-11-9-14(10-12-15)18(21)16-7-6-8-17(20)13(16)2/h6-12,18,21H,5H2,1-4H3. The first kappa shape index (κ1) is 16.3. The molecule has 2 rings (SSSR count). The zero-order valence-electron chi connectivity index (χ0n) is 13.2. The molecule has 0 saturated heterocycles. The van der Waals surface area contributed by atoms with Gasteiger partial charge in [-0.05, 0) is 47.1 Å². The van der Waals surface area contributed by atoms with Gasteiger partial charge in [0.1, 0.15) is 6.10 Å². The third-order valence-corrected chi connectivity index (χ3v) is 5.36. The van der Waals surface area contributed by atoms with E-state index in [0.29, 0.717) is 0 Å². The molecule has 0 aliphatic carbocycles. The van der Waals surface area contributed by atoms with E-state index in [0.717, 1.165) is 27.6 Å². The molecule has 2 heteroatoms. The molecule has 1 N–H and O–H groups in total. The molecule has 0 spiro atoms. The van der Waals surface area contributed by atoms with Crippen molar-refractivity contribution in [3.8, 4) is 0 Å². The Balaban J connectivity index is 2.32. The van der Waals surface area contributed by atoms with E-state index in [4.69, 9.17) is 0 Å². The average molecular weight is 347 g/mol. The van der Waals surface area contributed by atoms with Gasteiger partial charge in [0.05, 0.1) is 0 Å². The van der Waals surface area contributed by atoms with Gasteiger partial charge >= 0.3 is 0 Å². The highest BCUT2D eigenvalue weighted by molar-refractivity contribution is 9.10. The van der Waals surface area contributed by atoms with Crippen LogP contribution in [0.1, 0.15) is 55.5 Å². The van der Waals surface area contributed by atoms with Gasteiger partial charge in [-0.1, -0.05) is 73.1 Å². The van der Waals surface area contributed by atoms with E-state index in [9.17, 15) is 5.11 Å². The summed E-state index contributed by atoms with van der Waals surface area (Å²) in [6.07, 6.45) is 0.515. The van der Waals surface area contributed by atoms with Gasteiger partial charge in [0.2, 0.25) is 0 Å². The molecule has 0 heterocycles. The molecule has 0 aliphatic heterocycles. The highest BCUT2D eigenvalue weighted by Gasteiger charge is 2.19. The summed E-state index contributed by atoms with van der Waals surface area (Å²) in [5, 5.41) is 10.6. The van der Waals surface area contributed by atoms with E-state index in [1.807, 2.05) is 37.3 Å². The van der Waals surface area contributed by atoms with Crippen molar-refractivity contribution < 1.29 is 5.11 Å². The van der Waals surface area contributed by atoms with Crippen molar-refractivity contribution in [3.63, 3.8) is 0 Å². The van der Waals surface area contributed by atoms with E-state index in [1.165, 1.54) is 5.56 Å². The second-order valence-corrected chi connectivity index (χ2v) is 7.07. The molecular weight excluding hydrogens is 324 g/mol. The Labute approximate surface area is 136 Å². The van der Waals surface area contributed by atoms with Crippen LogP contribution in [0.4, 0.5) is 0 Å². The van der Waals surface area contributed by atoms with E-state index >= 15 is 0 Å². The van der Waals surface area contributed by atoms with Crippen LogP contribution in [0, 0.1) is 6.92 Å². The Morgan fingerprint density at radius 2 is 1.71 bits per heavy atom. The minimum atomic E-state index is -0.582. The zero-order valence-corrected chi connectivity index (χ0v) is 14.7. The van der Waals surface area contributed by atoms with E-state index < -0.39 is 6.10 Å². The highest BCUT2D eigenvalue weighted by Crippen LogP contribution is 2.31. The molecular formula is C19H23BrO. The third kappa shape index (κ3) is 3.38. The maximum atomic E-state index is 10.6. The van der Waals surface area contributed by atoms with Crippen LogP contribution in [-0.2, 0) is 5.41 Å². The summed E-state index contributed by atoms with van der Waals surface area (Å²) < 4.78 is 1.03. The van der Waals surface area contributed by atoms with Gasteiger partial charge in [0.15, 0.2) is 0 Å². The molecule has 1 atom stereocenters. The number of aliphatic hydroxyl groups is 1. The summed E-state index contributed by atoms with van der Waals surface area (Å²) >= 11 is 3.52. The minimum absolute atomic E-state index is 0.176. The minimum Gasteiger partial charge on any atom is -0.384 e. The fourth-order valence-corrected chi connectivity index (χ4v) is 2.80. The fraction of sp³-hybridized carbons (Fsp3) is 0.368. The number of hydrogen-bond acceptors (Lipinski definition) is 1. The number of aliphatic hydroxyl groups excluding tert-OH is 1. The van der Waals surface area contributed by atoms with Crippen molar-refractivity contribution in [2.45, 2.75) is 45.6 Å². The molecule has 0 radical (unpaired) electrons. The van der Waals surface area contributed by atoms with Crippen LogP contribution in [0.2, 0.25) is 0 Å². The molecule has 0 saturated carbocycles. The molecule has 0 fully saturated rings. The van der Waals surface area contributed by atoms with Crippen LogP contribution in [0.5, 0.6) is 0 Å². The maximum Gasteiger partial charge on any atom is 0.104 e. The van der Waals surface area contributed by atoms with Crippen molar-refractivity contribution in [3.05, 3.63) is 69.2 Å². The molecule has 0 amide bonds. The summed E-state index contributed by atoms with van der Waals surface area (Å²) in [6, 6.07) is 14.3. The van der Waals surface area contributed by atoms with Gasteiger partial charge in [0, 0.05) is 4.47 Å². The average Bonchev–Trinajstić information content (AvgIpc) is 2.49. The number of benzene rings is 2. The SMILES string of the molecule is CCC(C)(C)c1ccc(C(O)c2cccc(Br)c2C)cc1. The molecule has 0 aliphatic rings. The van der Waals surface area contributed by atoms with Gasteiger partial charge in [0.25, 0.3) is 0 Å². The lowest BCUT2D eigenvalue weighted by Crippen LogP contribution is -2.15. The van der Waals surface area contributed by atoms with E-state index in [2.05, 4.69) is 48.8 Å². The van der Waals surface area contributed by atoms with Crippen molar-refractivity contribution in [1.29, 1.82) is 0 Å². The molecule has 112 valence electrons. The van der Waals surface area contributed by atoms with Crippen LogP contribution < -0.4 is 0 Å². The topological polar surface area (TPSA) is 20.2 Å². The van der Waals surface area contributed by atoms with Crippen molar-refractivity contribution in [2.75, 3.05) is 0 Å². The van der Waals surface area contributed by atoms with Crippen LogP contribution in [-0.4, -0.2) is 5.11 Å². The molecule has 1 nitrogen and oxygen atoms in total. The number of halogens is 1. The smallest absolute Gasteiger partial charge is 0.104 e. The lowest BCUT2D eigenvalue weighted by molar-refractivity contribution is 0.219. The summed E-state index contributed by atoms with van der Waals surface area (Å²) in [6.45, 7) is 8.72. The van der Waals surface area contributed by atoms with Crippen molar-refractivity contribution in [1.82, 2.24) is 0 Å². The van der Waals surface area contributed by atoms with Gasteiger partial charge in [-0.3, -0.25) is 0 Å². The van der Waals surface area contributed by atoms with Gasteiger partial charge in [-0.25, -0.2) is 0 Å². The van der Waals surface area contributed by atoms with Crippen LogP contribution >= 0.6 is 15.9 Å². The van der Waals surface area contributed by atoms with Crippen LogP contribution in [0.25, 0.3) is 0 Å². The monoisotopic (exact) mass is 346 g/mol. The molecule has 21 heavy (non-hydrogen) atoms. The Bertz CT molecular complexity index is 614. The first-order chi connectivity index (χ1) is 9.86. The Hall–Kier alpha value is -1.12.